The Morgan fingerprint density at radius 2 is 2.06 bits per heavy atom. The van der Waals surface area contributed by atoms with E-state index in [1.54, 1.807) is 6.21 Å². The van der Waals surface area contributed by atoms with Crippen LogP contribution in [0.15, 0.2) is 29.4 Å². The second-order valence-electron chi connectivity index (χ2n) is 3.23. The molecule has 5 heteroatoms. The largest absolute Gasteiger partial charge is 0.494 e. The van der Waals surface area contributed by atoms with E-state index in [-0.39, 0.29) is 0 Å². The molecule has 0 unspecified atom stereocenters. The van der Waals surface area contributed by atoms with Gasteiger partial charge < -0.3 is 10.1 Å². The van der Waals surface area contributed by atoms with Gasteiger partial charge in [-0.2, -0.15) is 5.10 Å². The molecule has 1 aromatic rings. The van der Waals surface area contributed by atoms with Gasteiger partial charge in [-0.3, -0.25) is 5.43 Å². The van der Waals surface area contributed by atoms with Crippen molar-refractivity contribution >= 4 is 23.5 Å². The van der Waals surface area contributed by atoms with Crippen molar-refractivity contribution in [1.29, 1.82) is 0 Å². The summed E-state index contributed by atoms with van der Waals surface area (Å²) >= 11 is 4.97. The molecule has 0 bridgehead atoms. The van der Waals surface area contributed by atoms with Crippen molar-refractivity contribution in [3.05, 3.63) is 29.8 Å². The predicted octanol–water partition coefficient (Wildman–Crippen LogP) is 1.90. The molecule has 0 radical (unpaired) electrons. The molecule has 4 nitrogen and oxygen atoms in total. The van der Waals surface area contributed by atoms with Crippen LogP contribution in [0.3, 0.4) is 0 Å². The van der Waals surface area contributed by atoms with Crippen LogP contribution in [0.2, 0.25) is 0 Å². The van der Waals surface area contributed by atoms with Gasteiger partial charge in [0.25, 0.3) is 0 Å². The molecule has 0 amide bonds. The fourth-order valence-electron chi connectivity index (χ4n) is 1.18. The van der Waals surface area contributed by atoms with E-state index in [0.717, 1.165) is 17.9 Å². The molecule has 0 fully saturated rings. The monoisotopic (exact) mass is 251 g/mol. The fourth-order valence-corrected chi connectivity index (χ4v) is 1.38. The highest BCUT2D eigenvalue weighted by atomic mass is 32.1. The molecular formula is C12H17N3OS. The fraction of sp³-hybridized carbons (Fsp3) is 0.333. The first kappa shape index (κ1) is 13.4. The van der Waals surface area contributed by atoms with Gasteiger partial charge in [-0.25, -0.2) is 0 Å². The Balaban J connectivity index is 2.45. The third kappa shape index (κ3) is 5.31. The van der Waals surface area contributed by atoms with Crippen molar-refractivity contribution < 1.29 is 4.74 Å². The number of ether oxygens (including phenoxy) is 1. The van der Waals surface area contributed by atoms with Gasteiger partial charge in [0.15, 0.2) is 5.11 Å². The summed E-state index contributed by atoms with van der Waals surface area (Å²) in [5, 5.41) is 7.48. The van der Waals surface area contributed by atoms with Crippen LogP contribution in [-0.2, 0) is 0 Å². The highest BCUT2D eigenvalue weighted by molar-refractivity contribution is 7.80. The van der Waals surface area contributed by atoms with E-state index >= 15 is 0 Å². The number of hydrogen-bond donors (Lipinski definition) is 2. The minimum atomic E-state index is 0.523. The van der Waals surface area contributed by atoms with E-state index in [2.05, 4.69) is 15.8 Å². The van der Waals surface area contributed by atoms with Crippen molar-refractivity contribution in [1.82, 2.24) is 10.7 Å². The summed E-state index contributed by atoms with van der Waals surface area (Å²) in [6.45, 7) is 5.39. The Morgan fingerprint density at radius 3 is 2.65 bits per heavy atom. The molecule has 17 heavy (non-hydrogen) atoms. The molecule has 0 heterocycles. The van der Waals surface area contributed by atoms with E-state index in [1.165, 1.54) is 0 Å². The van der Waals surface area contributed by atoms with Gasteiger partial charge in [-0.1, -0.05) is 0 Å². The van der Waals surface area contributed by atoms with Crippen LogP contribution in [-0.4, -0.2) is 24.5 Å². The van der Waals surface area contributed by atoms with E-state index in [1.807, 2.05) is 38.1 Å². The van der Waals surface area contributed by atoms with Crippen molar-refractivity contribution in [2.24, 2.45) is 5.10 Å². The smallest absolute Gasteiger partial charge is 0.186 e. The summed E-state index contributed by atoms with van der Waals surface area (Å²) in [6, 6.07) is 7.69. The zero-order chi connectivity index (χ0) is 12.5. The first-order valence-corrected chi connectivity index (χ1v) is 5.96. The number of nitrogens with zero attached hydrogens (tertiary/aromatic N) is 1. The minimum absolute atomic E-state index is 0.523. The lowest BCUT2D eigenvalue weighted by atomic mass is 10.2. The topological polar surface area (TPSA) is 45.7 Å². The number of rotatable bonds is 5. The van der Waals surface area contributed by atoms with Crippen LogP contribution in [0.1, 0.15) is 19.4 Å². The Bertz CT molecular complexity index is 376. The van der Waals surface area contributed by atoms with Crippen LogP contribution in [0.25, 0.3) is 0 Å². The van der Waals surface area contributed by atoms with Gasteiger partial charge in [0.1, 0.15) is 5.75 Å². The van der Waals surface area contributed by atoms with Crippen molar-refractivity contribution in [2.45, 2.75) is 13.8 Å². The van der Waals surface area contributed by atoms with Crippen LogP contribution < -0.4 is 15.5 Å². The molecule has 0 aliphatic heterocycles. The first-order chi connectivity index (χ1) is 8.26. The van der Waals surface area contributed by atoms with E-state index in [9.17, 15) is 0 Å². The quantitative estimate of drug-likeness (QED) is 0.477. The lowest BCUT2D eigenvalue weighted by Gasteiger charge is -2.03. The third-order valence-electron chi connectivity index (χ3n) is 1.91. The maximum absolute atomic E-state index is 5.34. The van der Waals surface area contributed by atoms with Crippen LogP contribution in [0.5, 0.6) is 5.75 Å². The Kier molecular flexibility index (Phi) is 6.03. The summed E-state index contributed by atoms with van der Waals surface area (Å²) < 4.78 is 5.34. The van der Waals surface area contributed by atoms with E-state index < -0.39 is 0 Å². The molecule has 0 spiro atoms. The number of thiocarbonyl (C=S) groups is 1. The number of hydrogen-bond acceptors (Lipinski definition) is 3. The highest BCUT2D eigenvalue weighted by Gasteiger charge is 1.92. The number of nitrogens with one attached hydrogen (secondary N) is 2. The van der Waals surface area contributed by atoms with Crippen molar-refractivity contribution in [2.75, 3.05) is 13.2 Å². The van der Waals surface area contributed by atoms with E-state index in [4.69, 9.17) is 17.0 Å². The Morgan fingerprint density at radius 1 is 1.35 bits per heavy atom. The molecule has 1 aromatic carbocycles. The van der Waals surface area contributed by atoms with Gasteiger partial charge in [-0.15, -0.1) is 0 Å². The van der Waals surface area contributed by atoms with Gasteiger partial charge in [0, 0.05) is 6.54 Å². The molecule has 2 N–H and O–H groups in total. The van der Waals surface area contributed by atoms with Crippen LogP contribution >= 0.6 is 12.2 Å². The van der Waals surface area contributed by atoms with E-state index in [0.29, 0.717) is 11.7 Å². The third-order valence-corrected chi connectivity index (χ3v) is 2.14. The molecule has 0 saturated heterocycles. The van der Waals surface area contributed by atoms with Crippen LogP contribution in [0, 0.1) is 0 Å². The maximum atomic E-state index is 5.34. The Labute approximate surface area is 107 Å². The summed E-state index contributed by atoms with van der Waals surface area (Å²) in [5.41, 5.74) is 3.72. The summed E-state index contributed by atoms with van der Waals surface area (Å²) in [5.74, 6) is 0.862. The average Bonchev–Trinajstić information content (AvgIpc) is 2.32. The lowest BCUT2D eigenvalue weighted by Crippen LogP contribution is -2.31. The number of benzene rings is 1. The predicted molar refractivity (Wildman–Crippen MR) is 74.6 cm³/mol. The molecule has 0 atom stereocenters. The Hall–Kier alpha value is -1.62. The second-order valence-corrected chi connectivity index (χ2v) is 3.64. The zero-order valence-electron chi connectivity index (χ0n) is 10.1. The molecule has 0 aromatic heterocycles. The first-order valence-electron chi connectivity index (χ1n) is 5.56. The summed E-state index contributed by atoms with van der Waals surface area (Å²) in [4.78, 5) is 0. The SMILES string of the molecule is CCNC(=S)N/N=C\c1ccc(OCC)cc1. The molecule has 92 valence electrons. The van der Waals surface area contributed by atoms with Gasteiger partial charge in [0.05, 0.1) is 12.8 Å². The highest BCUT2D eigenvalue weighted by Crippen LogP contribution is 2.10. The molecule has 0 aliphatic rings. The maximum Gasteiger partial charge on any atom is 0.186 e. The lowest BCUT2D eigenvalue weighted by molar-refractivity contribution is 0.340. The average molecular weight is 251 g/mol. The van der Waals surface area contributed by atoms with Crippen molar-refractivity contribution in [3.63, 3.8) is 0 Å². The minimum Gasteiger partial charge on any atom is -0.494 e. The normalized spacial score (nSPS) is 10.2. The van der Waals surface area contributed by atoms with Gasteiger partial charge >= 0.3 is 0 Å². The number of hydrazone groups is 1. The molecule has 1 rings (SSSR count). The standard InChI is InChI=1S/C12H17N3OS/c1-3-13-12(17)15-14-9-10-5-7-11(8-6-10)16-4-2/h5-9H,3-4H2,1-2H3,(H2,13,15,17)/b14-9-. The summed E-state index contributed by atoms with van der Waals surface area (Å²) in [6.07, 6.45) is 1.71. The van der Waals surface area contributed by atoms with Crippen LogP contribution in [0.4, 0.5) is 0 Å². The van der Waals surface area contributed by atoms with Crippen molar-refractivity contribution in [3.8, 4) is 5.75 Å². The zero-order valence-corrected chi connectivity index (χ0v) is 10.9. The molecule has 0 aliphatic carbocycles. The van der Waals surface area contributed by atoms with Gasteiger partial charge in [-0.05, 0) is 55.9 Å². The molecular weight excluding hydrogens is 234 g/mol. The second kappa shape index (κ2) is 7.62. The van der Waals surface area contributed by atoms with Gasteiger partial charge in [0.2, 0.25) is 0 Å². The molecule has 0 saturated carbocycles. The summed E-state index contributed by atoms with van der Waals surface area (Å²) in [7, 11) is 0.